The monoisotopic (exact) mass is 540 g/mol. The molecule has 0 aliphatic heterocycles. The maximum atomic E-state index is 13.7. The summed E-state index contributed by atoms with van der Waals surface area (Å²) in [6.45, 7) is 15.7. The number of benzene rings is 2. The first-order chi connectivity index (χ1) is 17.6. The lowest BCUT2D eigenvalue weighted by atomic mass is 10.1. The number of alkyl halides is 1. The maximum absolute atomic E-state index is 13.7. The summed E-state index contributed by atoms with van der Waals surface area (Å²) in [7, 11) is -0.421. The van der Waals surface area contributed by atoms with E-state index in [0.29, 0.717) is 5.75 Å². The Hall–Kier alpha value is -2.97. The topological polar surface area (TPSA) is 60.9 Å². The average Bonchev–Trinajstić information content (AvgIpc) is 2.84. The Bertz CT molecular complexity index is 1250. The Morgan fingerprint density at radius 1 is 1.00 bits per heavy atom. The van der Waals surface area contributed by atoms with E-state index in [0.717, 1.165) is 27.8 Å². The zero-order valence-electron chi connectivity index (χ0n) is 24.1. The first-order valence-electron chi connectivity index (χ1n) is 12.9. The quantitative estimate of drug-likeness (QED) is 0.271. The molecule has 1 amide bonds. The molecule has 0 saturated heterocycles. The Morgan fingerprint density at radius 2 is 1.63 bits per heavy atom. The molecule has 1 aromatic heterocycles. The van der Waals surface area contributed by atoms with Crippen LogP contribution in [0.25, 0.3) is 22.2 Å². The molecule has 2 aromatic carbocycles. The van der Waals surface area contributed by atoms with E-state index in [4.69, 9.17) is 18.9 Å². The van der Waals surface area contributed by atoms with E-state index in [2.05, 4.69) is 33.9 Å². The molecule has 0 aliphatic rings. The fourth-order valence-corrected chi connectivity index (χ4v) is 4.85. The van der Waals surface area contributed by atoms with E-state index in [9.17, 15) is 9.18 Å². The van der Waals surface area contributed by atoms with Crippen molar-refractivity contribution in [1.29, 1.82) is 0 Å². The van der Waals surface area contributed by atoms with Crippen molar-refractivity contribution in [3.05, 3.63) is 54.6 Å². The summed E-state index contributed by atoms with van der Waals surface area (Å²) in [5.74, 6) is 0.619. The van der Waals surface area contributed by atoms with Crippen LogP contribution in [0.3, 0.4) is 0 Å². The normalized spacial score (nSPS) is 13.3. The van der Waals surface area contributed by atoms with Gasteiger partial charge in [0, 0.05) is 29.8 Å². The molecule has 3 aromatic rings. The Labute approximate surface area is 227 Å². The van der Waals surface area contributed by atoms with Gasteiger partial charge in [-0.3, -0.25) is 4.90 Å². The van der Waals surface area contributed by atoms with Gasteiger partial charge >= 0.3 is 6.09 Å². The number of fused-ring (bicyclic) bond motifs is 1. The average molecular weight is 541 g/mol. The van der Waals surface area contributed by atoms with E-state index in [1.54, 1.807) is 7.05 Å². The molecule has 6 nitrogen and oxygen atoms in total. The van der Waals surface area contributed by atoms with Gasteiger partial charge < -0.3 is 13.9 Å². The molecule has 0 fully saturated rings. The van der Waals surface area contributed by atoms with Crippen LogP contribution in [0.1, 0.15) is 41.5 Å². The predicted octanol–water partition coefficient (Wildman–Crippen LogP) is 8.01. The Morgan fingerprint density at radius 3 is 2.21 bits per heavy atom. The number of ether oxygens (including phenoxy) is 2. The molecule has 206 valence electrons. The summed E-state index contributed by atoms with van der Waals surface area (Å²) in [6.07, 6.45) is -1.02. The van der Waals surface area contributed by atoms with Crippen LogP contribution in [-0.4, -0.2) is 51.4 Å². The van der Waals surface area contributed by atoms with Crippen LogP contribution >= 0.6 is 0 Å². The first kappa shape index (κ1) is 29.6. The van der Waals surface area contributed by atoms with Crippen molar-refractivity contribution < 1.29 is 23.1 Å². The number of rotatable bonds is 8. The molecule has 3 rings (SSSR count). The van der Waals surface area contributed by atoms with E-state index in [-0.39, 0.29) is 11.6 Å². The lowest BCUT2D eigenvalue weighted by Crippen LogP contribution is -2.46. The van der Waals surface area contributed by atoms with Gasteiger partial charge in [0.25, 0.3) is 0 Å². The van der Waals surface area contributed by atoms with Crippen molar-refractivity contribution >= 4 is 31.0 Å². The summed E-state index contributed by atoms with van der Waals surface area (Å²) in [6, 6.07) is 17.2. The number of hydrogen-bond donors (Lipinski definition) is 0. The molecule has 0 N–H and O–H groups in total. The van der Waals surface area contributed by atoms with Gasteiger partial charge in [-0.1, -0.05) is 39.0 Å². The van der Waals surface area contributed by atoms with Gasteiger partial charge in [0.1, 0.15) is 30.7 Å². The summed E-state index contributed by atoms with van der Waals surface area (Å²) >= 11 is 0. The molecule has 0 aliphatic carbocycles. The summed E-state index contributed by atoms with van der Waals surface area (Å²) in [4.78, 5) is 18.7. The van der Waals surface area contributed by atoms with Crippen LogP contribution < -0.4 is 9.64 Å². The minimum atomic E-state index is -2.11. The third kappa shape index (κ3) is 7.54. The largest absolute Gasteiger partial charge is 0.491 e. The van der Waals surface area contributed by atoms with Crippen LogP contribution in [0.4, 0.5) is 14.9 Å². The van der Waals surface area contributed by atoms with E-state index >= 15 is 0 Å². The molecule has 0 spiro atoms. The van der Waals surface area contributed by atoms with Gasteiger partial charge in [-0.25, -0.2) is 14.2 Å². The summed E-state index contributed by atoms with van der Waals surface area (Å²) in [5, 5.41) is 0.967. The minimum absolute atomic E-state index is 0.00690. The number of carbonyl (C=O) groups excluding carboxylic acids is 1. The van der Waals surface area contributed by atoms with E-state index in [1.807, 2.05) is 75.4 Å². The number of anilines is 1. The Balaban J connectivity index is 1.73. The highest BCUT2D eigenvalue weighted by molar-refractivity contribution is 6.74. The van der Waals surface area contributed by atoms with Crippen molar-refractivity contribution in [2.24, 2.45) is 0 Å². The van der Waals surface area contributed by atoms with Crippen LogP contribution in [0.5, 0.6) is 5.75 Å². The number of pyridine rings is 1. The highest BCUT2D eigenvalue weighted by Crippen LogP contribution is 2.37. The fourth-order valence-electron chi connectivity index (χ4n) is 3.53. The van der Waals surface area contributed by atoms with Gasteiger partial charge in [-0.05, 0) is 69.2 Å². The van der Waals surface area contributed by atoms with Gasteiger partial charge in [0.2, 0.25) is 0 Å². The zero-order valence-corrected chi connectivity index (χ0v) is 25.1. The standard InChI is InChI=1S/C30H41FN2O4Si/c1-29(2,3)36-28(34)33(7)23-14-10-21(11-15-23)26-17-13-22-12-16-24(18-27(22)32-26)35-20-25(19-31)37-38(8,9)30(4,5)6/h10-18,25H,19-20H2,1-9H3. The predicted molar refractivity (Wildman–Crippen MR) is 155 cm³/mol. The second-order valence-electron chi connectivity index (χ2n) is 12.1. The summed E-state index contributed by atoms with van der Waals surface area (Å²) < 4.78 is 31.3. The molecule has 1 unspecified atom stereocenters. The molecule has 38 heavy (non-hydrogen) atoms. The van der Waals surface area contributed by atoms with Gasteiger partial charge in [0.05, 0.1) is 11.2 Å². The zero-order chi connectivity index (χ0) is 28.3. The van der Waals surface area contributed by atoms with Gasteiger partial charge in [-0.15, -0.1) is 0 Å². The molecular weight excluding hydrogens is 499 g/mol. The number of halogens is 1. The highest BCUT2D eigenvalue weighted by atomic mass is 28.4. The third-order valence-corrected chi connectivity index (χ3v) is 11.3. The second kappa shape index (κ2) is 11.4. The second-order valence-corrected chi connectivity index (χ2v) is 16.9. The van der Waals surface area contributed by atoms with Crippen molar-refractivity contribution in [3.63, 3.8) is 0 Å². The molecular formula is C30H41FN2O4Si. The number of aromatic nitrogens is 1. The van der Waals surface area contributed by atoms with Crippen LogP contribution in [0.2, 0.25) is 18.1 Å². The van der Waals surface area contributed by atoms with E-state index in [1.165, 1.54) is 4.90 Å². The molecule has 0 saturated carbocycles. The van der Waals surface area contributed by atoms with Crippen LogP contribution in [-0.2, 0) is 9.16 Å². The SMILES string of the molecule is CN(C(=O)OC(C)(C)C)c1ccc(-c2ccc3ccc(OCC(CF)O[Si](C)(C)C(C)(C)C)cc3n2)cc1. The lowest BCUT2D eigenvalue weighted by Gasteiger charge is -2.38. The molecule has 8 heteroatoms. The number of nitrogens with zero attached hydrogens (tertiary/aromatic N) is 2. The summed E-state index contributed by atoms with van der Waals surface area (Å²) in [5.41, 5.74) is 2.65. The van der Waals surface area contributed by atoms with Gasteiger partial charge in [-0.2, -0.15) is 0 Å². The maximum Gasteiger partial charge on any atom is 0.414 e. The van der Waals surface area contributed by atoms with E-state index < -0.39 is 32.8 Å². The number of hydrogen-bond acceptors (Lipinski definition) is 5. The van der Waals surface area contributed by atoms with Crippen molar-refractivity contribution in [2.45, 2.75) is 71.4 Å². The minimum Gasteiger partial charge on any atom is -0.491 e. The number of carbonyl (C=O) groups is 1. The smallest absolute Gasteiger partial charge is 0.414 e. The van der Waals surface area contributed by atoms with Gasteiger partial charge in [0.15, 0.2) is 8.32 Å². The fraction of sp³-hybridized carbons (Fsp3) is 0.467. The molecule has 0 bridgehead atoms. The lowest BCUT2D eigenvalue weighted by molar-refractivity contribution is 0.0589. The van der Waals surface area contributed by atoms with Crippen molar-refractivity contribution in [2.75, 3.05) is 25.2 Å². The van der Waals surface area contributed by atoms with Crippen molar-refractivity contribution in [1.82, 2.24) is 4.98 Å². The third-order valence-electron chi connectivity index (χ3n) is 6.76. The molecule has 1 heterocycles. The van der Waals surface area contributed by atoms with Crippen LogP contribution in [0.15, 0.2) is 54.6 Å². The molecule has 0 radical (unpaired) electrons. The first-order valence-corrected chi connectivity index (χ1v) is 15.8. The highest BCUT2D eigenvalue weighted by Gasteiger charge is 2.39. The Kier molecular flexibility index (Phi) is 8.88. The molecule has 1 atom stereocenters. The van der Waals surface area contributed by atoms with Crippen molar-refractivity contribution in [3.8, 4) is 17.0 Å². The van der Waals surface area contributed by atoms with Crippen LogP contribution in [0, 0.1) is 0 Å². The number of amides is 1.